The fourth-order valence-electron chi connectivity index (χ4n) is 2.27. The largest absolute Gasteiger partial charge is 0.444 e. The third kappa shape index (κ3) is 6.26. The molecule has 26 heavy (non-hydrogen) atoms. The van der Waals surface area contributed by atoms with Crippen molar-refractivity contribution in [2.45, 2.75) is 50.7 Å². The van der Waals surface area contributed by atoms with E-state index in [0.717, 1.165) is 5.56 Å². The monoisotopic (exact) mass is 385 g/mol. The molecule has 2 rings (SSSR count). The molecule has 0 unspecified atom stereocenters. The van der Waals surface area contributed by atoms with Gasteiger partial charge in [0.1, 0.15) is 5.60 Å². The van der Waals surface area contributed by atoms with E-state index < -0.39 is 15.7 Å². The van der Waals surface area contributed by atoms with Crippen molar-refractivity contribution in [3.63, 3.8) is 0 Å². The number of hydrogen-bond donors (Lipinski definition) is 0. The lowest BCUT2D eigenvalue weighted by Gasteiger charge is -2.39. The summed E-state index contributed by atoms with van der Waals surface area (Å²) in [5, 5.41) is 0. The van der Waals surface area contributed by atoms with Gasteiger partial charge in [-0.15, -0.1) is 0 Å². The Morgan fingerprint density at radius 3 is 2.35 bits per heavy atom. The smallest absolute Gasteiger partial charge is 0.410 e. The number of ether oxygens (including phenoxy) is 2. The SMILES string of the molecule is Cc1ccc(S(=O)(=O)OCCCOC2CN(C(=O)OC(C)(C)C)C2)cc1. The van der Waals surface area contributed by atoms with Gasteiger partial charge in [-0.1, -0.05) is 17.7 Å². The molecule has 1 amide bonds. The average molecular weight is 385 g/mol. The molecule has 1 aromatic rings. The Morgan fingerprint density at radius 2 is 1.77 bits per heavy atom. The first-order chi connectivity index (χ1) is 12.1. The van der Waals surface area contributed by atoms with Gasteiger partial charge in [-0.3, -0.25) is 4.18 Å². The van der Waals surface area contributed by atoms with Gasteiger partial charge in [0.2, 0.25) is 0 Å². The Kier molecular flexibility index (Phi) is 6.65. The van der Waals surface area contributed by atoms with Crippen LogP contribution in [0.4, 0.5) is 4.79 Å². The fourth-order valence-corrected chi connectivity index (χ4v) is 3.21. The molecule has 0 aromatic heterocycles. The predicted octanol–water partition coefficient (Wildman–Crippen LogP) is 2.73. The Labute approximate surface area is 155 Å². The third-order valence-electron chi connectivity index (χ3n) is 3.69. The lowest BCUT2D eigenvalue weighted by atomic mass is 10.2. The molecule has 0 N–H and O–H groups in total. The molecule has 0 aliphatic carbocycles. The topological polar surface area (TPSA) is 82.1 Å². The van der Waals surface area contributed by atoms with Gasteiger partial charge in [0, 0.05) is 6.61 Å². The Balaban J connectivity index is 1.60. The molecule has 0 bridgehead atoms. The molecule has 1 fully saturated rings. The van der Waals surface area contributed by atoms with Crippen LogP contribution in [-0.2, 0) is 23.8 Å². The van der Waals surface area contributed by atoms with Crippen LogP contribution in [0.5, 0.6) is 0 Å². The van der Waals surface area contributed by atoms with E-state index in [1.165, 1.54) is 12.1 Å². The molecule has 0 spiro atoms. The lowest BCUT2D eigenvalue weighted by Crippen LogP contribution is -2.56. The van der Waals surface area contributed by atoms with Gasteiger partial charge < -0.3 is 14.4 Å². The van der Waals surface area contributed by atoms with Crippen LogP contribution in [0.15, 0.2) is 29.2 Å². The van der Waals surface area contributed by atoms with E-state index >= 15 is 0 Å². The summed E-state index contributed by atoms with van der Waals surface area (Å²) >= 11 is 0. The molecule has 8 heteroatoms. The van der Waals surface area contributed by atoms with Crippen LogP contribution in [0.25, 0.3) is 0 Å². The fraction of sp³-hybridized carbons (Fsp3) is 0.611. The van der Waals surface area contributed by atoms with Crippen LogP contribution in [0, 0.1) is 6.92 Å². The molecular formula is C18H27NO6S. The Hall–Kier alpha value is -1.64. The highest BCUT2D eigenvalue weighted by Gasteiger charge is 2.34. The minimum Gasteiger partial charge on any atom is -0.444 e. The number of aryl methyl sites for hydroxylation is 1. The molecule has 0 atom stereocenters. The molecule has 0 radical (unpaired) electrons. The normalized spacial score (nSPS) is 15.6. The van der Waals surface area contributed by atoms with Gasteiger partial charge in [0.15, 0.2) is 0 Å². The summed E-state index contributed by atoms with van der Waals surface area (Å²) in [4.78, 5) is 13.5. The Morgan fingerprint density at radius 1 is 1.15 bits per heavy atom. The number of amides is 1. The van der Waals surface area contributed by atoms with Gasteiger partial charge in [-0.2, -0.15) is 8.42 Å². The van der Waals surface area contributed by atoms with Crippen molar-refractivity contribution in [2.75, 3.05) is 26.3 Å². The highest BCUT2D eigenvalue weighted by Crippen LogP contribution is 2.17. The first kappa shape index (κ1) is 20.7. The minimum atomic E-state index is -3.73. The minimum absolute atomic E-state index is 0.0452. The van der Waals surface area contributed by atoms with Crippen molar-refractivity contribution >= 4 is 16.2 Å². The molecule has 146 valence electrons. The van der Waals surface area contributed by atoms with E-state index in [1.54, 1.807) is 17.0 Å². The maximum atomic E-state index is 12.0. The zero-order chi connectivity index (χ0) is 19.4. The Bertz CT molecular complexity index is 702. The van der Waals surface area contributed by atoms with Gasteiger partial charge >= 0.3 is 6.09 Å². The van der Waals surface area contributed by atoms with Gasteiger partial charge in [0.05, 0.1) is 30.7 Å². The summed E-state index contributed by atoms with van der Waals surface area (Å²) in [7, 11) is -3.73. The highest BCUT2D eigenvalue weighted by atomic mass is 32.2. The van der Waals surface area contributed by atoms with E-state index in [1.807, 2.05) is 27.7 Å². The van der Waals surface area contributed by atoms with E-state index in [4.69, 9.17) is 13.7 Å². The summed E-state index contributed by atoms with van der Waals surface area (Å²) in [5.41, 5.74) is 0.474. The van der Waals surface area contributed by atoms with E-state index in [0.29, 0.717) is 26.1 Å². The van der Waals surface area contributed by atoms with Gasteiger partial charge in [-0.05, 0) is 46.2 Å². The highest BCUT2D eigenvalue weighted by molar-refractivity contribution is 7.86. The van der Waals surface area contributed by atoms with Crippen LogP contribution < -0.4 is 0 Å². The van der Waals surface area contributed by atoms with E-state index in [-0.39, 0.29) is 23.7 Å². The maximum absolute atomic E-state index is 12.0. The second-order valence-electron chi connectivity index (χ2n) is 7.32. The van der Waals surface area contributed by atoms with E-state index in [2.05, 4.69) is 0 Å². The quantitative estimate of drug-likeness (QED) is 0.530. The molecule has 7 nitrogen and oxygen atoms in total. The van der Waals surface area contributed by atoms with Crippen molar-refractivity contribution in [3.05, 3.63) is 29.8 Å². The molecule has 1 aromatic carbocycles. The number of benzene rings is 1. The predicted molar refractivity (Wildman–Crippen MR) is 96.5 cm³/mol. The molecule has 0 saturated carbocycles. The first-order valence-electron chi connectivity index (χ1n) is 8.62. The summed E-state index contributed by atoms with van der Waals surface area (Å²) in [5.74, 6) is 0. The average Bonchev–Trinajstić information content (AvgIpc) is 2.47. The van der Waals surface area contributed by atoms with Crippen LogP contribution in [0.3, 0.4) is 0 Å². The molecule has 1 saturated heterocycles. The lowest BCUT2D eigenvalue weighted by molar-refractivity contribution is -0.0646. The number of rotatable bonds is 7. The van der Waals surface area contributed by atoms with Gasteiger partial charge in [-0.25, -0.2) is 4.79 Å². The van der Waals surface area contributed by atoms with Gasteiger partial charge in [0.25, 0.3) is 10.1 Å². The second kappa shape index (κ2) is 8.37. The van der Waals surface area contributed by atoms with E-state index in [9.17, 15) is 13.2 Å². The molecule has 1 aliphatic rings. The van der Waals surface area contributed by atoms with Crippen LogP contribution >= 0.6 is 0 Å². The van der Waals surface area contributed by atoms with Crippen molar-refractivity contribution in [3.8, 4) is 0 Å². The molecule has 1 heterocycles. The molecular weight excluding hydrogens is 358 g/mol. The second-order valence-corrected chi connectivity index (χ2v) is 8.94. The maximum Gasteiger partial charge on any atom is 0.410 e. The van der Waals surface area contributed by atoms with Crippen LogP contribution in [0.1, 0.15) is 32.8 Å². The number of carbonyl (C=O) groups is 1. The van der Waals surface area contributed by atoms with Crippen molar-refractivity contribution in [1.82, 2.24) is 4.90 Å². The standard InChI is InChI=1S/C18H27NO6S/c1-14-6-8-16(9-7-14)26(21,22)24-11-5-10-23-15-12-19(13-15)17(20)25-18(2,3)4/h6-9,15H,5,10-13H2,1-4H3. The number of hydrogen-bond acceptors (Lipinski definition) is 6. The zero-order valence-corrected chi connectivity index (χ0v) is 16.5. The molecule has 1 aliphatic heterocycles. The first-order valence-corrected chi connectivity index (χ1v) is 10.0. The van der Waals surface area contributed by atoms with Crippen molar-refractivity contribution in [1.29, 1.82) is 0 Å². The zero-order valence-electron chi connectivity index (χ0n) is 15.7. The van der Waals surface area contributed by atoms with Crippen molar-refractivity contribution < 1.29 is 26.9 Å². The number of carbonyl (C=O) groups excluding carboxylic acids is 1. The summed E-state index contributed by atoms with van der Waals surface area (Å²) < 4.78 is 39.9. The summed E-state index contributed by atoms with van der Waals surface area (Å²) in [6.07, 6.45) is 0.0645. The summed E-state index contributed by atoms with van der Waals surface area (Å²) in [6.45, 7) is 8.75. The third-order valence-corrected chi connectivity index (χ3v) is 5.02. The van der Waals surface area contributed by atoms with Crippen LogP contribution in [-0.4, -0.2) is 57.4 Å². The van der Waals surface area contributed by atoms with Crippen LogP contribution in [0.2, 0.25) is 0 Å². The summed E-state index contributed by atoms with van der Waals surface area (Å²) in [6, 6.07) is 6.51. The number of likely N-dealkylation sites (tertiary alicyclic amines) is 1. The van der Waals surface area contributed by atoms with Crippen molar-refractivity contribution in [2.24, 2.45) is 0 Å². The number of nitrogens with zero attached hydrogens (tertiary/aromatic N) is 1.